The Balaban J connectivity index is 1.96. The number of ether oxygens (including phenoxy) is 1. The van der Waals surface area contributed by atoms with Gasteiger partial charge in [-0.2, -0.15) is 0 Å². The Hall–Kier alpha value is -2.56. The molecule has 0 fully saturated rings. The first-order chi connectivity index (χ1) is 10.1. The van der Waals surface area contributed by atoms with Gasteiger partial charge in [0.2, 0.25) is 11.5 Å². The fraction of sp³-hybridized carbons (Fsp3) is 0.250. The first-order valence-electron chi connectivity index (χ1n) is 6.68. The van der Waals surface area contributed by atoms with Crippen molar-refractivity contribution >= 4 is 11.6 Å². The highest BCUT2D eigenvalue weighted by atomic mass is 16.5. The van der Waals surface area contributed by atoms with Crippen molar-refractivity contribution in [2.45, 2.75) is 12.8 Å². The van der Waals surface area contributed by atoms with E-state index in [1.165, 1.54) is 10.6 Å². The van der Waals surface area contributed by atoms with Crippen molar-refractivity contribution in [1.82, 2.24) is 4.57 Å². The van der Waals surface area contributed by atoms with Crippen LogP contribution < -0.4 is 15.6 Å². The second-order valence-electron chi connectivity index (χ2n) is 4.73. The highest BCUT2D eigenvalue weighted by Gasteiger charge is 2.07. The zero-order valence-electron chi connectivity index (χ0n) is 12.1. The summed E-state index contributed by atoms with van der Waals surface area (Å²) in [5.74, 6) is 0.687. The zero-order chi connectivity index (χ0) is 15.2. The Morgan fingerprint density at radius 3 is 2.71 bits per heavy atom. The number of carbonyl (C=O) groups is 1. The molecule has 1 aromatic heterocycles. The van der Waals surface area contributed by atoms with E-state index < -0.39 is 0 Å². The molecule has 0 aliphatic heterocycles. The Bertz CT molecular complexity index is 692. The van der Waals surface area contributed by atoms with E-state index in [-0.39, 0.29) is 11.5 Å². The lowest BCUT2D eigenvalue weighted by molar-refractivity contribution is -0.116. The van der Waals surface area contributed by atoms with Crippen LogP contribution in [-0.4, -0.2) is 17.6 Å². The van der Waals surface area contributed by atoms with Gasteiger partial charge in [-0.15, -0.1) is 0 Å². The van der Waals surface area contributed by atoms with E-state index in [1.807, 2.05) is 24.3 Å². The Morgan fingerprint density at radius 1 is 1.24 bits per heavy atom. The lowest BCUT2D eigenvalue weighted by Gasteiger charge is -2.09. The van der Waals surface area contributed by atoms with Gasteiger partial charge in [0.25, 0.3) is 0 Å². The Kier molecular flexibility index (Phi) is 4.77. The van der Waals surface area contributed by atoms with Crippen molar-refractivity contribution in [1.29, 1.82) is 0 Å². The third kappa shape index (κ3) is 3.95. The molecule has 21 heavy (non-hydrogen) atoms. The normalized spacial score (nSPS) is 10.2. The predicted molar refractivity (Wildman–Crippen MR) is 81.6 cm³/mol. The molecule has 5 heteroatoms. The quantitative estimate of drug-likeness (QED) is 0.914. The summed E-state index contributed by atoms with van der Waals surface area (Å²) < 4.78 is 6.68. The molecule has 2 aromatic rings. The van der Waals surface area contributed by atoms with Crippen molar-refractivity contribution in [3.8, 4) is 5.75 Å². The highest BCUT2D eigenvalue weighted by molar-refractivity contribution is 5.90. The van der Waals surface area contributed by atoms with E-state index in [0.29, 0.717) is 18.5 Å². The molecule has 1 heterocycles. The number of aryl methyl sites for hydroxylation is 2. The van der Waals surface area contributed by atoms with Crippen LogP contribution in [0.5, 0.6) is 5.75 Å². The summed E-state index contributed by atoms with van der Waals surface area (Å²) in [5, 5.41) is 2.78. The van der Waals surface area contributed by atoms with Gasteiger partial charge in [0, 0.05) is 25.7 Å². The largest absolute Gasteiger partial charge is 0.496 e. The third-order valence-electron chi connectivity index (χ3n) is 3.18. The van der Waals surface area contributed by atoms with Crippen molar-refractivity contribution in [3.05, 3.63) is 58.5 Å². The van der Waals surface area contributed by atoms with Crippen LogP contribution in [-0.2, 0) is 18.3 Å². The molecule has 5 nitrogen and oxygen atoms in total. The molecule has 1 amide bonds. The standard InChI is InChI=1S/C16H18N2O3/c1-18-11-13(8-10-16(18)20)17-15(19)9-7-12-5-3-4-6-14(12)21-2/h3-6,8,10-11H,7,9H2,1-2H3,(H,17,19). The molecule has 0 aliphatic carbocycles. The Labute approximate surface area is 123 Å². The second kappa shape index (κ2) is 6.74. The van der Waals surface area contributed by atoms with E-state index in [1.54, 1.807) is 26.4 Å². The number of nitrogens with zero attached hydrogens (tertiary/aromatic N) is 1. The molecule has 0 radical (unpaired) electrons. The van der Waals surface area contributed by atoms with Crippen LogP contribution in [0.25, 0.3) is 0 Å². The number of amides is 1. The third-order valence-corrected chi connectivity index (χ3v) is 3.18. The van der Waals surface area contributed by atoms with Gasteiger partial charge in [-0.25, -0.2) is 0 Å². The van der Waals surface area contributed by atoms with Crippen LogP contribution in [0.2, 0.25) is 0 Å². The number of anilines is 1. The molecule has 1 aromatic carbocycles. The Morgan fingerprint density at radius 2 is 2.00 bits per heavy atom. The first-order valence-corrected chi connectivity index (χ1v) is 6.68. The van der Waals surface area contributed by atoms with Gasteiger partial charge in [-0.05, 0) is 24.1 Å². The fourth-order valence-electron chi connectivity index (χ4n) is 2.05. The van der Waals surface area contributed by atoms with Crippen LogP contribution in [0.3, 0.4) is 0 Å². The van der Waals surface area contributed by atoms with Gasteiger partial charge in [0.1, 0.15) is 5.75 Å². The second-order valence-corrected chi connectivity index (χ2v) is 4.73. The number of nitrogens with one attached hydrogen (secondary N) is 1. The van der Waals surface area contributed by atoms with Crippen LogP contribution >= 0.6 is 0 Å². The van der Waals surface area contributed by atoms with Crippen LogP contribution in [0, 0.1) is 0 Å². The monoisotopic (exact) mass is 286 g/mol. The summed E-state index contributed by atoms with van der Waals surface area (Å²) in [6.07, 6.45) is 2.55. The number of hydrogen-bond acceptors (Lipinski definition) is 3. The fourth-order valence-corrected chi connectivity index (χ4v) is 2.05. The molecule has 0 bridgehead atoms. The minimum absolute atomic E-state index is 0.0976. The molecule has 0 atom stereocenters. The topological polar surface area (TPSA) is 60.3 Å². The minimum atomic E-state index is -0.109. The van der Waals surface area contributed by atoms with Gasteiger partial charge in [-0.1, -0.05) is 18.2 Å². The number of pyridine rings is 1. The van der Waals surface area contributed by atoms with E-state index >= 15 is 0 Å². The molecular weight excluding hydrogens is 268 g/mol. The number of aromatic nitrogens is 1. The van der Waals surface area contributed by atoms with E-state index in [4.69, 9.17) is 4.74 Å². The lowest BCUT2D eigenvalue weighted by Crippen LogP contribution is -2.18. The molecule has 0 spiro atoms. The number of hydrogen-bond donors (Lipinski definition) is 1. The summed E-state index contributed by atoms with van der Waals surface area (Å²) in [6.45, 7) is 0. The maximum absolute atomic E-state index is 11.9. The molecule has 0 saturated heterocycles. The van der Waals surface area contributed by atoms with E-state index in [9.17, 15) is 9.59 Å². The zero-order valence-corrected chi connectivity index (χ0v) is 12.1. The van der Waals surface area contributed by atoms with Crippen molar-refractivity contribution in [2.75, 3.05) is 12.4 Å². The van der Waals surface area contributed by atoms with Crippen molar-refractivity contribution in [3.63, 3.8) is 0 Å². The molecule has 0 saturated carbocycles. The van der Waals surface area contributed by atoms with E-state index in [0.717, 1.165) is 11.3 Å². The highest BCUT2D eigenvalue weighted by Crippen LogP contribution is 2.19. The SMILES string of the molecule is COc1ccccc1CCC(=O)Nc1ccc(=O)n(C)c1. The average molecular weight is 286 g/mol. The molecule has 110 valence electrons. The van der Waals surface area contributed by atoms with Gasteiger partial charge in [0.15, 0.2) is 0 Å². The number of methoxy groups -OCH3 is 1. The van der Waals surface area contributed by atoms with Crippen LogP contribution in [0.15, 0.2) is 47.4 Å². The summed E-state index contributed by atoms with van der Waals surface area (Å²) in [7, 11) is 3.26. The predicted octanol–water partition coefficient (Wildman–Crippen LogP) is 1.97. The lowest BCUT2D eigenvalue weighted by atomic mass is 10.1. The maximum atomic E-state index is 11.9. The molecule has 0 aliphatic rings. The number of para-hydroxylation sites is 1. The van der Waals surface area contributed by atoms with Crippen LogP contribution in [0.4, 0.5) is 5.69 Å². The van der Waals surface area contributed by atoms with Gasteiger partial charge < -0.3 is 14.6 Å². The molecule has 1 N–H and O–H groups in total. The van der Waals surface area contributed by atoms with E-state index in [2.05, 4.69) is 5.32 Å². The molecule has 2 rings (SSSR count). The van der Waals surface area contributed by atoms with Gasteiger partial charge in [-0.3, -0.25) is 9.59 Å². The number of benzene rings is 1. The molecule has 0 unspecified atom stereocenters. The van der Waals surface area contributed by atoms with Crippen molar-refractivity contribution < 1.29 is 9.53 Å². The summed E-state index contributed by atoms with van der Waals surface area (Å²) in [5.41, 5.74) is 1.50. The summed E-state index contributed by atoms with van der Waals surface area (Å²) >= 11 is 0. The molecular formula is C16H18N2O3. The smallest absolute Gasteiger partial charge is 0.250 e. The maximum Gasteiger partial charge on any atom is 0.250 e. The van der Waals surface area contributed by atoms with Crippen molar-refractivity contribution in [2.24, 2.45) is 7.05 Å². The van der Waals surface area contributed by atoms with Gasteiger partial charge in [0.05, 0.1) is 12.8 Å². The minimum Gasteiger partial charge on any atom is -0.496 e. The van der Waals surface area contributed by atoms with Gasteiger partial charge >= 0.3 is 0 Å². The average Bonchev–Trinajstić information content (AvgIpc) is 2.49. The first kappa shape index (κ1) is 14.8. The summed E-state index contributed by atoms with van der Waals surface area (Å²) in [6, 6.07) is 10.7. The van der Waals surface area contributed by atoms with Crippen LogP contribution in [0.1, 0.15) is 12.0 Å². The number of rotatable bonds is 5. The summed E-state index contributed by atoms with van der Waals surface area (Å²) in [4.78, 5) is 23.2. The number of carbonyl (C=O) groups excluding carboxylic acids is 1.